The molecule has 1 heteroatoms. The maximum absolute atomic E-state index is 2.38. The minimum absolute atomic E-state index is 1.13. The van der Waals surface area contributed by atoms with E-state index in [9.17, 15) is 0 Å². The molecule has 146 valence electrons. The molecular formula is C28H29N. The summed E-state index contributed by atoms with van der Waals surface area (Å²) in [6.07, 6.45) is 4.63. The van der Waals surface area contributed by atoms with Crippen LogP contribution in [0.3, 0.4) is 0 Å². The molecule has 3 aromatic carbocycles. The van der Waals surface area contributed by atoms with Crippen LogP contribution in [0, 0.1) is 0 Å². The molecule has 0 fully saturated rings. The van der Waals surface area contributed by atoms with Gasteiger partial charge in [-0.3, -0.25) is 0 Å². The van der Waals surface area contributed by atoms with Crippen LogP contribution in [-0.2, 0) is 12.8 Å². The number of hydrogen-bond acceptors (Lipinski definition) is 0. The lowest BCUT2D eigenvalue weighted by Gasteiger charge is -2.15. The van der Waals surface area contributed by atoms with Crippen molar-refractivity contribution in [2.24, 2.45) is 0 Å². The van der Waals surface area contributed by atoms with Crippen molar-refractivity contribution in [2.75, 3.05) is 0 Å². The van der Waals surface area contributed by atoms with Crippen LogP contribution in [-0.4, -0.2) is 4.57 Å². The molecule has 29 heavy (non-hydrogen) atoms. The largest absolute Gasteiger partial charge is 0.309 e. The monoisotopic (exact) mass is 379 g/mol. The summed E-state index contributed by atoms with van der Waals surface area (Å²) >= 11 is 0. The van der Waals surface area contributed by atoms with Gasteiger partial charge in [-0.25, -0.2) is 0 Å². The van der Waals surface area contributed by atoms with Crippen LogP contribution in [0.25, 0.3) is 28.2 Å². The number of nitrogens with zero attached hydrogens (tertiary/aromatic N) is 1. The van der Waals surface area contributed by atoms with Crippen molar-refractivity contribution in [3.05, 3.63) is 102 Å². The molecule has 4 aromatic rings. The van der Waals surface area contributed by atoms with Crippen LogP contribution in [0.15, 0.2) is 91.0 Å². The third-order valence-electron chi connectivity index (χ3n) is 5.47. The summed E-state index contributed by atoms with van der Waals surface area (Å²) < 4.78 is 2.38. The Morgan fingerprint density at radius 3 is 1.38 bits per heavy atom. The van der Waals surface area contributed by atoms with Crippen LogP contribution in [0.5, 0.6) is 0 Å². The van der Waals surface area contributed by atoms with Crippen molar-refractivity contribution in [3.8, 4) is 28.2 Å². The fraction of sp³-hybridized carbons (Fsp3) is 0.214. The molecule has 1 aromatic heterocycles. The first-order valence-corrected chi connectivity index (χ1v) is 10.8. The zero-order valence-corrected chi connectivity index (χ0v) is 17.4. The highest BCUT2D eigenvalue weighted by molar-refractivity contribution is 5.73. The Labute approximate surface area is 174 Å². The van der Waals surface area contributed by atoms with E-state index in [2.05, 4.69) is 109 Å². The third kappa shape index (κ3) is 4.19. The SMILES string of the molecule is CCCc1ccc(-c2ccc(-c3ccc(CCC)cc3)n2-c2ccccc2)cc1. The lowest BCUT2D eigenvalue weighted by molar-refractivity contribution is 0.922. The Hall–Kier alpha value is -3.06. The molecular weight excluding hydrogens is 350 g/mol. The summed E-state index contributed by atoms with van der Waals surface area (Å²) in [4.78, 5) is 0. The number of aromatic nitrogens is 1. The van der Waals surface area contributed by atoms with E-state index < -0.39 is 0 Å². The molecule has 0 aliphatic heterocycles. The quantitative estimate of drug-likeness (QED) is 0.310. The normalized spacial score (nSPS) is 11.0. The van der Waals surface area contributed by atoms with Crippen LogP contribution >= 0.6 is 0 Å². The zero-order valence-electron chi connectivity index (χ0n) is 17.4. The predicted octanol–water partition coefficient (Wildman–Crippen LogP) is 7.72. The Kier molecular flexibility index (Phi) is 5.95. The van der Waals surface area contributed by atoms with E-state index in [1.165, 1.54) is 52.2 Å². The lowest BCUT2D eigenvalue weighted by atomic mass is 10.1. The van der Waals surface area contributed by atoms with Gasteiger partial charge in [0.05, 0.1) is 11.4 Å². The van der Waals surface area contributed by atoms with Gasteiger partial charge in [-0.15, -0.1) is 0 Å². The number of benzene rings is 3. The van der Waals surface area contributed by atoms with Gasteiger partial charge in [-0.05, 0) is 59.4 Å². The zero-order chi connectivity index (χ0) is 20.1. The van der Waals surface area contributed by atoms with E-state index in [1.807, 2.05) is 0 Å². The molecule has 0 radical (unpaired) electrons. The van der Waals surface area contributed by atoms with Crippen molar-refractivity contribution in [1.29, 1.82) is 0 Å². The summed E-state index contributed by atoms with van der Waals surface area (Å²) in [7, 11) is 0. The number of para-hydroxylation sites is 1. The fourth-order valence-corrected chi connectivity index (χ4v) is 4.00. The smallest absolute Gasteiger partial charge is 0.0535 e. The van der Waals surface area contributed by atoms with E-state index in [0.717, 1.165) is 12.8 Å². The van der Waals surface area contributed by atoms with E-state index >= 15 is 0 Å². The van der Waals surface area contributed by atoms with E-state index in [4.69, 9.17) is 0 Å². The van der Waals surface area contributed by atoms with Crippen molar-refractivity contribution in [1.82, 2.24) is 4.57 Å². The second-order valence-electron chi connectivity index (χ2n) is 7.67. The summed E-state index contributed by atoms with van der Waals surface area (Å²) in [6, 6.07) is 33.2. The molecule has 0 unspecified atom stereocenters. The van der Waals surface area contributed by atoms with Crippen LogP contribution in [0.1, 0.15) is 37.8 Å². The fourth-order valence-electron chi connectivity index (χ4n) is 4.00. The highest BCUT2D eigenvalue weighted by Gasteiger charge is 2.13. The van der Waals surface area contributed by atoms with Crippen molar-refractivity contribution < 1.29 is 0 Å². The van der Waals surface area contributed by atoms with Gasteiger partial charge in [-0.2, -0.15) is 0 Å². The van der Waals surface area contributed by atoms with Gasteiger partial charge in [0.1, 0.15) is 0 Å². The number of aryl methyl sites for hydroxylation is 2. The maximum atomic E-state index is 2.38. The average molecular weight is 380 g/mol. The molecule has 0 spiro atoms. The summed E-state index contributed by atoms with van der Waals surface area (Å²) in [5.74, 6) is 0. The molecule has 0 N–H and O–H groups in total. The van der Waals surface area contributed by atoms with E-state index in [1.54, 1.807) is 0 Å². The Morgan fingerprint density at radius 2 is 0.966 bits per heavy atom. The Bertz CT molecular complexity index is 971. The predicted molar refractivity (Wildman–Crippen MR) is 125 cm³/mol. The maximum Gasteiger partial charge on any atom is 0.0535 e. The third-order valence-corrected chi connectivity index (χ3v) is 5.47. The minimum Gasteiger partial charge on any atom is -0.309 e. The first kappa shape index (κ1) is 19.3. The highest BCUT2D eigenvalue weighted by atomic mass is 15.0. The molecule has 0 aliphatic rings. The standard InChI is InChI=1S/C28H29N/c1-3-8-22-12-16-24(17-13-22)27-20-21-28(29(27)26-10-6-5-7-11-26)25-18-14-23(9-4-2)15-19-25/h5-7,10-21H,3-4,8-9H2,1-2H3. The lowest BCUT2D eigenvalue weighted by Crippen LogP contribution is -1.99. The van der Waals surface area contributed by atoms with Crippen LogP contribution in [0.4, 0.5) is 0 Å². The van der Waals surface area contributed by atoms with Crippen molar-refractivity contribution in [2.45, 2.75) is 39.5 Å². The molecule has 1 nitrogen and oxygen atoms in total. The summed E-state index contributed by atoms with van der Waals surface area (Å²) in [6.45, 7) is 4.46. The average Bonchev–Trinajstić information content (AvgIpc) is 3.21. The van der Waals surface area contributed by atoms with Crippen LogP contribution in [0.2, 0.25) is 0 Å². The van der Waals surface area contributed by atoms with Gasteiger partial charge in [-0.1, -0.05) is 93.4 Å². The Morgan fingerprint density at radius 1 is 0.517 bits per heavy atom. The van der Waals surface area contributed by atoms with Crippen molar-refractivity contribution >= 4 is 0 Å². The first-order chi connectivity index (χ1) is 14.3. The van der Waals surface area contributed by atoms with Gasteiger partial charge in [0, 0.05) is 5.69 Å². The second-order valence-corrected chi connectivity index (χ2v) is 7.67. The summed E-state index contributed by atoms with van der Waals surface area (Å²) in [5, 5.41) is 0. The van der Waals surface area contributed by atoms with Gasteiger partial charge in [0.2, 0.25) is 0 Å². The van der Waals surface area contributed by atoms with E-state index in [0.29, 0.717) is 0 Å². The van der Waals surface area contributed by atoms with E-state index in [-0.39, 0.29) is 0 Å². The minimum atomic E-state index is 1.13. The second kappa shape index (κ2) is 8.96. The molecule has 1 heterocycles. The van der Waals surface area contributed by atoms with Crippen LogP contribution < -0.4 is 0 Å². The topological polar surface area (TPSA) is 4.93 Å². The molecule has 0 saturated carbocycles. The molecule has 0 atom stereocenters. The van der Waals surface area contributed by atoms with Crippen molar-refractivity contribution in [3.63, 3.8) is 0 Å². The molecule has 0 amide bonds. The summed E-state index contributed by atoms with van der Waals surface area (Å²) in [5.41, 5.74) is 8.96. The molecule has 0 bridgehead atoms. The molecule has 0 aliphatic carbocycles. The van der Waals surface area contributed by atoms with Gasteiger partial charge >= 0.3 is 0 Å². The number of hydrogen-bond donors (Lipinski definition) is 0. The van der Waals surface area contributed by atoms with Gasteiger partial charge in [0.25, 0.3) is 0 Å². The van der Waals surface area contributed by atoms with Gasteiger partial charge in [0.15, 0.2) is 0 Å². The molecule has 0 saturated heterocycles. The highest BCUT2D eigenvalue weighted by Crippen LogP contribution is 2.32. The Balaban J connectivity index is 1.80. The molecule has 4 rings (SSSR count). The first-order valence-electron chi connectivity index (χ1n) is 10.8. The number of rotatable bonds is 7. The van der Waals surface area contributed by atoms with Gasteiger partial charge < -0.3 is 4.57 Å².